The third-order valence-corrected chi connectivity index (χ3v) is 2.82. The van der Waals surface area contributed by atoms with E-state index < -0.39 is 0 Å². The summed E-state index contributed by atoms with van der Waals surface area (Å²) in [5, 5.41) is 2.80. The molecule has 0 atom stereocenters. The van der Waals surface area contributed by atoms with Crippen molar-refractivity contribution in [3.8, 4) is 11.5 Å². The van der Waals surface area contributed by atoms with Gasteiger partial charge < -0.3 is 14.8 Å². The molecule has 0 saturated carbocycles. The van der Waals surface area contributed by atoms with Gasteiger partial charge in [-0.25, -0.2) is 0 Å². The quantitative estimate of drug-likeness (QED) is 0.904. The normalized spacial score (nSPS) is 9.90. The zero-order valence-electron chi connectivity index (χ0n) is 11.4. The van der Waals surface area contributed by atoms with Crippen LogP contribution in [0.5, 0.6) is 11.5 Å². The Bertz CT molecular complexity index is 585. The second-order valence-electron chi connectivity index (χ2n) is 4.05. The second-order valence-corrected chi connectivity index (χ2v) is 4.05. The summed E-state index contributed by atoms with van der Waals surface area (Å²) in [4.78, 5) is 15.9. The van der Waals surface area contributed by atoms with Crippen LogP contribution < -0.4 is 14.8 Å². The molecule has 0 bridgehead atoms. The van der Waals surface area contributed by atoms with Gasteiger partial charge in [-0.15, -0.1) is 0 Å². The predicted octanol–water partition coefficient (Wildman–Crippen LogP) is 2.03. The minimum Gasteiger partial charge on any atom is -0.493 e. The first-order valence-corrected chi connectivity index (χ1v) is 6.15. The van der Waals surface area contributed by atoms with E-state index in [1.54, 1.807) is 38.6 Å². The molecule has 1 aromatic heterocycles. The molecular formula is C15H16N2O3. The van der Waals surface area contributed by atoms with E-state index >= 15 is 0 Å². The summed E-state index contributed by atoms with van der Waals surface area (Å²) in [6.07, 6.45) is 1.58. The second kappa shape index (κ2) is 6.56. The average molecular weight is 272 g/mol. The van der Waals surface area contributed by atoms with Gasteiger partial charge in [0.2, 0.25) is 0 Å². The summed E-state index contributed by atoms with van der Waals surface area (Å²) in [5.41, 5.74) is 1.23. The third kappa shape index (κ3) is 3.06. The average Bonchev–Trinajstić information content (AvgIpc) is 2.52. The van der Waals surface area contributed by atoms with E-state index in [-0.39, 0.29) is 5.91 Å². The predicted molar refractivity (Wildman–Crippen MR) is 75.0 cm³/mol. The number of nitrogens with one attached hydrogen (secondary N) is 1. The highest BCUT2D eigenvalue weighted by Gasteiger charge is 2.11. The van der Waals surface area contributed by atoms with Crippen LogP contribution in [0, 0.1) is 0 Å². The molecule has 2 rings (SSSR count). The highest BCUT2D eigenvalue weighted by Crippen LogP contribution is 2.30. The molecule has 0 radical (unpaired) electrons. The number of ether oxygens (including phenoxy) is 2. The first-order valence-electron chi connectivity index (χ1n) is 6.15. The van der Waals surface area contributed by atoms with Crippen molar-refractivity contribution in [3.63, 3.8) is 0 Å². The van der Waals surface area contributed by atoms with E-state index in [2.05, 4.69) is 10.3 Å². The molecule has 104 valence electrons. The molecule has 1 aromatic carbocycles. The van der Waals surface area contributed by atoms with Gasteiger partial charge in [0, 0.05) is 18.3 Å². The van der Waals surface area contributed by atoms with Crippen LogP contribution in [0.4, 0.5) is 0 Å². The molecule has 20 heavy (non-hydrogen) atoms. The topological polar surface area (TPSA) is 60.5 Å². The molecule has 0 aliphatic heterocycles. The van der Waals surface area contributed by atoms with Gasteiger partial charge in [-0.2, -0.15) is 0 Å². The summed E-state index contributed by atoms with van der Waals surface area (Å²) in [5.74, 6) is 1.03. The number of benzene rings is 1. The molecule has 0 aliphatic carbocycles. The van der Waals surface area contributed by atoms with Crippen LogP contribution >= 0.6 is 0 Å². The molecule has 0 unspecified atom stereocenters. The van der Waals surface area contributed by atoms with Gasteiger partial charge in [-0.1, -0.05) is 18.2 Å². The van der Waals surface area contributed by atoms with Crippen LogP contribution in [0.15, 0.2) is 42.6 Å². The lowest BCUT2D eigenvalue weighted by Crippen LogP contribution is -2.23. The van der Waals surface area contributed by atoms with E-state index in [1.807, 2.05) is 18.2 Å². The van der Waals surface area contributed by atoms with Gasteiger partial charge in [0.05, 0.1) is 14.2 Å². The van der Waals surface area contributed by atoms with Gasteiger partial charge in [0.1, 0.15) is 5.69 Å². The summed E-state index contributed by atoms with van der Waals surface area (Å²) < 4.78 is 10.5. The number of pyridine rings is 1. The Hall–Kier alpha value is -2.56. The van der Waals surface area contributed by atoms with Crippen LogP contribution in [-0.2, 0) is 6.54 Å². The zero-order valence-corrected chi connectivity index (χ0v) is 11.4. The van der Waals surface area contributed by atoms with Gasteiger partial charge in [0.25, 0.3) is 5.91 Å². The molecule has 1 heterocycles. The van der Waals surface area contributed by atoms with Crippen molar-refractivity contribution < 1.29 is 14.3 Å². The van der Waals surface area contributed by atoms with Crippen molar-refractivity contribution in [2.24, 2.45) is 0 Å². The Morgan fingerprint density at radius 2 is 2.00 bits per heavy atom. The molecule has 2 aromatic rings. The van der Waals surface area contributed by atoms with E-state index in [1.165, 1.54) is 0 Å². The lowest BCUT2D eigenvalue weighted by Gasteiger charge is -2.13. The maximum Gasteiger partial charge on any atom is 0.270 e. The molecule has 0 saturated heterocycles. The van der Waals surface area contributed by atoms with E-state index in [0.29, 0.717) is 23.7 Å². The van der Waals surface area contributed by atoms with Crippen LogP contribution in [0.3, 0.4) is 0 Å². The molecule has 1 amide bonds. The van der Waals surface area contributed by atoms with Crippen molar-refractivity contribution in [2.75, 3.05) is 14.2 Å². The summed E-state index contributed by atoms with van der Waals surface area (Å²) in [6, 6.07) is 10.7. The van der Waals surface area contributed by atoms with Gasteiger partial charge in [0.15, 0.2) is 11.5 Å². The van der Waals surface area contributed by atoms with Crippen molar-refractivity contribution >= 4 is 5.91 Å². The SMILES string of the molecule is COc1cccc(CNC(=O)c2ccccn2)c1OC. The fourth-order valence-corrected chi connectivity index (χ4v) is 1.86. The van der Waals surface area contributed by atoms with Crippen molar-refractivity contribution in [1.82, 2.24) is 10.3 Å². The maximum absolute atomic E-state index is 11.9. The fourth-order valence-electron chi connectivity index (χ4n) is 1.86. The molecule has 5 heteroatoms. The number of nitrogens with zero attached hydrogens (tertiary/aromatic N) is 1. The Morgan fingerprint density at radius 1 is 1.15 bits per heavy atom. The van der Waals surface area contributed by atoms with Crippen molar-refractivity contribution in [2.45, 2.75) is 6.54 Å². The monoisotopic (exact) mass is 272 g/mol. The summed E-state index contributed by atoms with van der Waals surface area (Å²) in [7, 11) is 3.15. The molecule has 1 N–H and O–H groups in total. The number of para-hydroxylation sites is 1. The summed E-state index contributed by atoms with van der Waals surface area (Å²) in [6.45, 7) is 0.343. The maximum atomic E-state index is 11.9. The largest absolute Gasteiger partial charge is 0.493 e. The lowest BCUT2D eigenvalue weighted by atomic mass is 10.2. The first-order chi connectivity index (χ1) is 9.76. The van der Waals surface area contributed by atoms with Crippen molar-refractivity contribution in [3.05, 3.63) is 53.9 Å². The number of carbonyl (C=O) groups excluding carboxylic acids is 1. The fraction of sp³-hybridized carbons (Fsp3) is 0.200. The van der Waals surface area contributed by atoms with Crippen LogP contribution in [-0.4, -0.2) is 25.1 Å². The Labute approximate surface area is 117 Å². The van der Waals surface area contributed by atoms with Crippen LogP contribution in [0.2, 0.25) is 0 Å². The highest BCUT2D eigenvalue weighted by molar-refractivity contribution is 5.92. The third-order valence-electron chi connectivity index (χ3n) is 2.82. The molecule has 0 aliphatic rings. The molecule has 5 nitrogen and oxygen atoms in total. The minimum absolute atomic E-state index is 0.226. The minimum atomic E-state index is -0.226. The number of amides is 1. The molecule has 0 fully saturated rings. The van der Waals surface area contributed by atoms with Crippen LogP contribution in [0.25, 0.3) is 0 Å². The summed E-state index contributed by atoms with van der Waals surface area (Å²) >= 11 is 0. The van der Waals surface area contributed by atoms with Gasteiger partial charge in [-0.05, 0) is 18.2 Å². The Balaban J connectivity index is 2.10. The van der Waals surface area contributed by atoms with Gasteiger partial charge in [-0.3, -0.25) is 9.78 Å². The Morgan fingerprint density at radius 3 is 2.65 bits per heavy atom. The highest BCUT2D eigenvalue weighted by atomic mass is 16.5. The van der Waals surface area contributed by atoms with Crippen molar-refractivity contribution in [1.29, 1.82) is 0 Å². The van der Waals surface area contributed by atoms with Gasteiger partial charge >= 0.3 is 0 Å². The van der Waals surface area contributed by atoms with Crippen LogP contribution in [0.1, 0.15) is 16.1 Å². The molecular weight excluding hydrogens is 256 g/mol. The lowest BCUT2D eigenvalue weighted by molar-refractivity contribution is 0.0945. The van der Waals surface area contributed by atoms with E-state index in [4.69, 9.17) is 9.47 Å². The Kier molecular flexibility index (Phi) is 4.55. The first kappa shape index (κ1) is 13.9. The number of aromatic nitrogens is 1. The number of hydrogen-bond donors (Lipinski definition) is 1. The van der Waals surface area contributed by atoms with E-state index in [9.17, 15) is 4.79 Å². The smallest absolute Gasteiger partial charge is 0.270 e. The van der Waals surface area contributed by atoms with E-state index in [0.717, 1.165) is 5.56 Å². The molecule has 0 spiro atoms. The zero-order chi connectivity index (χ0) is 14.4. The standard InChI is InChI=1S/C15H16N2O3/c1-19-13-8-5-6-11(14(13)20-2)10-17-15(18)12-7-3-4-9-16-12/h3-9H,10H2,1-2H3,(H,17,18). The number of methoxy groups -OCH3 is 2. The number of rotatable bonds is 5. The number of hydrogen-bond acceptors (Lipinski definition) is 4. The number of carbonyl (C=O) groups is 1.